The molecule has 1 saturated heterocycles. The number of aromatic nitrogens is 4. The van der Waals surface area contributed by atoms with Gasteiger partial charge in [0.05, 0.1) is 36.3 Å². The van der Waals surface area contributed by atoms with Crippen molar-refractivity contribution in [3.8, 4) is 11.3 Å². The molecule has 3 heterocycles. The van der Waals surface area contributed by atoms with Gasteiger partial charge in [0.1, 0.15) is 0 Å². The summed E-state index contributed by atoms with van der Waals surface area (Å²) in [6, 6.07) is 8.22. The van der Waals surface area contributed by atoms with Gasteiger partial charge in [-0.2, -0.15) is 5.10 Å². The lowest BCUT2D eigenvalue weighted by Crippen LogP contribution is -2.28. The molecule has 1 fully saturated rings. The highest BCUT2D eigenvalue weighted by atomic mass is 35.5. The standard InChI is InChI=1S/C21H25ClN6O/c1-27(2)11-15-4-3-5-18(8-15)25-21-23-10-19(22)20(26-21)17-9-24-28(12-17)7-6-16-13-29-14-16/h3-5,8-10,12,16H,6-7,11,13-14H2,1-2H3,(H,23,25,26). The molecule has 0 saturated carbocycles. The third kappa shape index (κ3) is 5.12. The van der Waals surface area contributed by atoms with E-state index in [1.54, 1.807) is 12.4 Å². The number of nitrogens with zero attached hydrogens (tertiary/aromatic N) is 5. The second-order valence-corrected chi connectivity index (χ2v) is 8.04. The van der Waals surface area contributed by atoms with Gasteiger partial charge in [-0.3, -0.25) is 4.68 Å². The lowest BCUT2D eigenvalue weighted by molar-refractivity contribution is -0.0375. The number of hydrogen-bond acceptors (Lipinski definition) is 6. The van der Waals surface area contributed by atoms with E-state index in [1.807, 2.05) is 23.0 Å². The zero-order chi connectivity index (χ0) is 20.2. The van der Waals surface area contributed by atoms with Crippen LogP contribution < -0.4 is 5.32 Å². The van der Waals surface area contributed by atoms with Crippen LogP contribution in [-0.2, 0) is 17.8 Å². The first-order valence-electron chi connectivity index (χ1n) is 9.70. The summed E-state index contributed by atoms with van der Waals surface area (Å²) in [5, 5.41) is 8.23. The van der Waals surface area contributed by atoms with E-state index in [2.05, 4.69) is 51.5 Å². The Morgan fingerprint density at radius 2 is 2.14 bits per heavy atom. The summed E-state index contributed by atoms with van der Waals surface area (Å²) in [4.78, 5) is 11.1. The Morgan fingerprint density at radius 3 is 2.90 bits per heavy atom. The van der Waals surface area contributed by atoms with Crippen molar-refractivity contribution in [2.75, 3.05) is 32.6 Å². The highest BCUT2D eigenvalue weighted by molar-refractivity contribution is 6.32. The smallest absolute Gasteiger partial charge is 0.227 e. The zero-order valence-corrected chi connectivity index (χ0v) is 17.4. The van der Waals surface area contributed by atoms with Crippen LogP contribution in [0.25, 0.3) is 11.3 Å². The van der Waals surface area contributed by atoms with Gasteiger partial charge in [0.25, 0.3) is 0 Å². The van der Waals surface area contributed by atoms with Gasteiger partial charge < -0.3 is 15.0 Å². The maximum Gasteiger partial charge on any atom is 0.227 e. The van der Waals surface area contributed by atoms with Crippen molar-refractivity contribution in [1.29, 1.82) is 0 Å². The van der Waals surface area contributed by atoms with Crippen molar-refractivity contribution in [2.45, 2.75) is 19.5 Å². The Labute approximate surface area is 175 Å². The molecule has 1 aliphatic rings. The van der Waals surface area contributed by atoms with E-state index < -0.39 is 0 Å². The van der Waals surface area contributed by atoms with Crippen molar-refractivity contribution in [1.82, 2.24) is 24.6 Å². The summed E-state index contributed by atoms with van der Waals surface area (Å²) in [6.45, 7) is 3.45. The van der Waals surface area contributed by atoms with Gasteiger partial charge in [-0.15, -0.1) is 0 Å². The first kappa shape index (κ1) is 19.8. The monoisotopic (exact) mass is 412 g/mol. The summed E-state index contributed by atoms with van der Waals surface area (Å²) in [5.41, 5.74) is 3.71. The van der Waals surface area contributed by atoms with Crippen molar-refractivity contribution in [2.24, 2.45) is 5.92 Å². The normalized spacial score (nSPS) is 14.2. The minimum Gasteiger partial charge on any atom is -0.381 e. The Hall–Kier alpha value is -2.48. The van der Waals surface area contributed by atoms with E-state index in [9.17, 15) is 0 Å². The molecule has 1 N–H and O–H groups in total. The molecule has 0 amide bonds. The van der Waals surface area contributed by atoms with Crippen LogP contribution in [0.4, 0.5) is 11.6 Å². The molecule has 4 rings (SSSR count). The number of rotatable bonds is 8. The second kappa shape index (κ2) is 8.90. The molecule has 0 unspecified atom stereocenters. The Kier molecular flexibility index (Phi) is 6.08. The summed E-state index contributed by atoms with van der Waals surface area (Å²) in [7, 11) is 4.10. The fourth-order valence-corrected chi connectivity index (χ4v) is 3.45. The average Bonchev–Trinajstić information content (AvgIpc) is 3.10. The molecule has 3 aromatic rings. The average molecular weight is 413 g/mol. The van der Waals surface area contributed by atoms with Crippen LogP contribution in [-0.4, -0.2) is 52.0 Å². The molecule has 7 nitrogen and oxygen atoms in total. The number of anilines is 2. The van der Waals surface area contributed by atoms with Crippen LogP contribution in [0.1, 0.15) is 12.0 Å². The largest absolute Gasteiger partial charge is 0.381 e. The first-order valence-corrected chi connectivity index (χ1v) is 10.1. The molecule has 1 aliphatic heterocycles. The number of nitrogens with one attached hydrogen (secondary N) is 1. The number of hydrogen-bond donors (Lipinski definition) is 1. The number of benzene rings is 1. The Balaban J connectivity index is 1.48. The van der Waals surface area contributed by atoms with Crippen LogP contribution in [0.15, 0.2) is 42.9 Å². The van der Waals surface area contributed by atoms with Gasteiger partial charge in [0, 0.05) is 36.5 Å². The molecule has 152 valence electrons. The summed E-state index contributed by atoms with van der Waals surface area (Å²) >= 11 is 6.37. The van der Waals surface area contributed by atoms with Gasteiger partial charge in [0.15, 0.2) is 0 Å². The van der Waals surface area contributed by atoms with Crippen LogP contribution >= 0.6 is 11.6 Å². The highest BCUT2D eigenvalue weighted by Gasteiger charge is 2.18. The third-order valence-electron chi connectivity index (χ3n) is 4.81. The van der Waals surface area contributed by atoms with Crippen molar-refractivity contribution < 1.29 is 4.74 Å². The topological polar surface area (TPSA) is 68.1 Å². The van der Waals surface area contributed by atoms with E-state index in [1.165, 1.54) is 5.56 Å². The molecule has 0 radical (unpaired) electrons. The molecule has 1 aromatic carbocycles. The lowest BCUT2D eigenvalue weighted by Gasteiger charge is -2.25. The van der Waals surface area contributed by atoms with Crippen LogP contribution in [0.5, 0.6) is 0 Å². The predicted octanol–water partition coefficient (Wildman–Crippen LogP) is 3.84. The maximum atomic E-state index is 6.37. The minimum absolute atomic E-state index is 0.504. The number of aryl methyl sites for hydroxylation is 1. The Morgan fingerprint density at radius 1 is 1.28 bits per heavy atom. The van der Waals surface area contributed by atoms with Crippen LogP contribution in [0, 0.1) is 5.92 Å². The van der Waals surface area contributed by atoms with Gasteiger partial charge >= 0.3 is 0 Å². The van der Waals surface area contributed by atoms with Gasteiger partial charge in [0.2, 0.25) is 5.95 Å². The number of halogens is 1. The third-order valence-corrected chi connectivity index (χ3v) is 5.08. The van der Waals surface area contributed by atoms with E-state index in [4.69, 9.17) is 16.3 Å². The Bertz CT molecular complexity index is 969. The van der Waals surface area contributed by atoms with Gasteiger partial charge in [-0.25, -0.2) is 9.97 Å². The van der Waals surface area contributed by atoms with Gasteiger partial charge in [-0.1, -0.05) is 23.7 Å². The first-order chi connectivity index (χ1) is 14.1. The molecule has 8 heteroatoms. The van der Waals surface area contributed by atoms with Crippen molar-refractivity contribution in [3.05, 3.63) is 53.4 Å². The summed E-state index contributed by atoms with van der Waals surface area (Å²) < 4.78 is 7.16. The fraction of sp³-hybridized carbons (Fsp3) is 0.381. The van der Waals surface area contributed by atoms with Crippen molar-refractivity contribution >= 4 is 23.2 Å². The minimum atomic E-state index is 0.504. The molecule has 0 atom stereocenters. The van der Waals surface area contributed by atoms with E-state index in [0.29, 0.717) is 22.6 Å². The molecule has 0 aliphatic carbocycles. The lowest BCUT2D eigenvalue weighted by atomic mass is 10.0. The SMILES string of the molecule is CN(C)Cc1cccc(Nc2ncc(Cl)c(-c3cnn(CCC4COC4)c3)n2)c1. The van der Waals surface area contributed by atoms with Crippen LogP contribution in [0.3, 0.4) is 0 Å². The zero-order valence-electron chi connectivity index (χ0n) is 16.7. The molecule has 0 spiro atoms. The number of ether oxygens (including phenoxy) is 1. The maximum absolute atomic E-state index is 6.37. The highest BCUT2D eigenvalue weighted by Crippen LogP contribution is 2.27. The summed E-state index contributed by atoms with van der Waals surface area (Å²) in [5.74, 6) is 1.15. The van der Waals surface area contributed by atoms with Crippen LogP contribution in [0.2, 0.25) is 5.02 Å². The molecular weight excluding hydrogens is 388 g/mol. The molecule has 0 bridgehead atoms. The molecular formula is C21H25ClN6O. The molecule has 2 aromatic heterocycles. The van der Waals surface area contributed by atoms with E-state index in [-0.39, 0.29) is 0 Å². The molecule has 29 heavy (non-hydrogen) atoms. The quantitative estimate of drug-likeness (QED) is 0.606. The van der Waals surface area contributed by atoms with Crippen molar-refractivity contribution in [3.63, 3.8) is 0 Å². The van der Waals surface area contributed by atoms with E-state index >= 15 is 0 Å². The summed E-state index contributed by atoms with van der Waals surface area (Å²) in [6.07, 6.45) is 6.47. The fourth-order valence-electron chi connectivity index (χ4n) is 3.25. The van der Waals surface area contributed by atoms with Gasteiger partial charge in [-0.05, 0) is 38.2 Å². The van der Waals surface area contributed by atoms with E-state index in [0.717, 1.165) is 44.0 Å². The second-order valence-electron chi connectivity index (χ2n) is 7.64. The predicted molar refractivity (Wildman–Crippen MR) is 114 cm³/mol.